The van der Waals surface area contributed by atoms with Crippen LogP contribution in [0.15, 0.2) is 54.6 Å². The molecular weight excluding hydrogens is 418 g/mol. The monoisotopic (exact) mass is 447 g/mol. The van der Waals surface area contributed by atoms with Gasteiger partial charge in [-0.1, -0.05) is 30.3 Å². The van der Waals surface area contributed by atoms with E-state index < -0.39 is 0 Å². The second-order valence-electron chi connectivity index (χ2n) is 9.06. The summed E-state index contributed by atoms with van der Waals surface area (Å²) in [7, 11) is 1.62. The molecule has 8 nitrogen and oxygen atoms in total. The Bertz CT molecular complexity index is 1090. The van der Waals surface area contributed by atoms with Crippen LogP contribution in [0.3, 0.4) is 0 Å². The lowest BCUT2D eigenvalue weighted by Gasteiger charge is -2.50. The van der Waals surface area contributed by atoms with E-state index >= 15 is 0 Å². The molecule has 0 aliphatic carbocycles. The van der Waals surface area contributed by atoms with Gasteiger partial charge in [-0.2, -0.15) is 5.10 Å². The Morgan fingerprint density at radius 1 is 1.09 bits per heavy atom. The highest BCUT2D eigenvalue weighted by Gasteiger charge is 2.56. The van der Waals surface area contributed by atoms with Gasteiger partial charge in [0.15, 0.2) is 12.4 Å². The van der Waals surface area contributed by atoms with Gasteiger partial charge >= 0.3 is 0 Å². The SMILES string of the molecule is COc1ccc(OCC(=O)N2CC3(CN(Cc4ccccc4)CC3c3n[nH]c(C)n3)C2)cc1. The quantitative estimate of drug-likeness (QED) is 0.600. The number of methoxy groups -OCH3 is 1. The van der Waals surface area contributed by atoms with Crippen molar-refractivity contribution < 1.29 is 14.3 Å². The zero-order chi connectivity index (χ0) is 22.8. The van der Waals surface area contributed by atoms with Gasteiger partial charge in [0, 0.05) is 44.1 Å². The highest BCUT2D eigenvalue weighted by atomic mass is 16.5. The number of amides is 1. The molecule has 3 aromatic rings. The van der Waals surface area contributed by atoms with E-state index in [0.717, 1.165) is 37.0 Å². The summed E-state index contributed by atoms with van der Waals surface area (Å²) in [5.74, 6) is 3.28. The largest absolute Gasteiger partial charge is 0.497 e. The maximum absolute atomic E-state index is 12.8. The third kappa shape index (κ3) is 4.43. The van der Waals surface area contributed by atoms with Crippen molar-refractivity contribution in [2.45, 2.75) is 19.4 Å². The molecule has 172 valence electrons. The minimum Gasteiger partial charge on any atom is -0.497 e. The van der Waals surface area contributed by atoms with Gasteiger partial charge in [-0.25, -0.2) is 4.98 Å². The van der Waals surface area contributed by atoms with Crippen LogP contribution in [0.4, 0.5) is 0 Å². The fourth-order valence-corrected chi connectivity index (χ4v) is 5.02. The van der Waals surface area contributed by atoms with Crippen molar-refractivity contribution in [3.8, 4) is 11.5 Å². The van der Waals surface area contributed by atoms with Crippen LogP contribution in [-0.2, 0) is 11.3 Å². The van der Waals surface area contributed by atoms with Crippen LogP contribution >= 0.6 is 0 Å². The number of aromatic nitrogens is 3. The van der Waals surface area contributed by atoms with Crippen LogP contribution < -0.4 is 9.47 Å². The Labute approximate surface area is 193 Å². The van der Waals surface area contributed by atoms with Gasteiger partial charge in [-0.3, -0.25) is 14.8 Å². The van der Waals surface area contributed by atoms with Crippen molar-refractivity contribution in [1.29, 1.82) is 0 Å². The number of hydrogen-bond donors (Lipinski definition) is 1. The molecule has 5 rings (SSSR count). The van der Waals surface area contributed by atoms with Crippen molar-refractivity contribution in [2.24, 2.45) is 5.41 Å². The molecule has 2 aliphatic rings. The van der Waals surface area contributed by atoms with E-state index in [-0.39, 0.29) is 23.8 Å². The number of aryl methyl sites for hydroxylation is 1. The number of carbonyl (C=O) groups is 1. The molecule has 2 fully saturated rings. The van der Waals surface area contributed by atoms with Crippen LogP contribution in [0.1, 0.15) is 23.1 Å². The fraction of sp³-hybridized carbons (Fsp3) is 0.400. The zero-order valence-corrected chi connectivity index (χ0v) is 19.0. The standard InChI is InChI=1S/C25H29N5O3/c1-18-26-24(28-27-18)22-13-29(12-19-6-4-3-5-7-19)15-25(22)16-30(17-25)23(31)14-33-21-10-8-20(32-2)9-11-21/h3-11,22H,12-17H2,1-2H3,(H,26,27,28). The van der Waals surface area contributed by atoms with Crippen LogP contribution in [0, 0.1) is 12.3 Å². The zero-order valence-electron chi connectivity index (χ0n) is 19.0. The number of nitrogens with one attached hydrogen (secondary N) is 1. The molecule has 1 unspecified atom stereocenters. The summed E-state index contributed by atoms with van der Waals surface area (Å²) < 4.78 is 10.9. The van der Waals surface area contributed by atoms with E-state index in [0.29, 0.717) is 18.8 Å². The lowest BCUT2D eigenvalue weighted by Crippen LogP contribution is -2.62. The number of carbonyl (C=O) groups excluding carboxylic acids is 1. The Morgan fingerprint density at radius 2 is 1.82 bits per heavy atom. The van der Waals surface area contributed by atoms with Gasteiger partial charge in [0.05, 0.1) is 7.11 Å². The average Bonchev–Trinajstić information content (AvgIpc) is 3.41. The molecule has 33 heavy (non-hydrogen) atoms. The Hall–Kier alpha value is -3.39. The molecule has 0 saturated carbocycles. The van der Waals surface area contributed by atoms with E-state index in [4.69, 9.17) is 9.47 Å². The molecule has 2 aliphatic heterocycles. The molecule has 0 bridgehead atoms. The van der Waals surface area contributed by atoms with Crippen molar-refractivity contribution >= 4 is 5.91 Å². The molecule has 1 atom stereocenters. The first-order valence-corrected chi connectivity index (χ1v) is 11.2. The topological polar surface area (TPSA) is 83.6 Å². The molecule has 2 aromatic carbocycles. The molecular formula is C25H29N5O3. The third-order valence-corrected chi connectivity index (χ3v) is 6.68. The highest BCUT2D eigenvalue weighted by Crippen LogP contribution is 2.48. The number of H-pyrrole nitrogens is 1. The molecule has 1 amide bonds. The molecule has 0 radical (unpaired) electrons. The number of hydrogen-bond acceptors (Lipinski definition) is 6. The summed E-state index contributed by atoms with van der Waals surface area (Å²) >= 11 is 0. The van der Waals surface area contributed by atoms with Gasteiger partial charge in [0.2, 0.25) is 0 Å². The lowest BCUT2D eigenvalue weighted by atomic mass is 9.71. The van der Waals surface area contributed by atoms with Gasteiger partial charge in [-0.05, 0) is 36.8 Å². The van der Waals surface area contributed by atoms with E-state index in [2.05, 4.69) is 44.3 Å². The summed E-state index contributed by atoms with van der Waals surface area (Å²) in [6.07, 6.45) is 0. The summed E-state index contributed by atoms with van der Waals surface area (Å²) in [6.45, 7) is 6.03. The highest BCUT2D eigenvalue weighted by molar-refractivity contribution is 5.79. The minimum atomic E-state index is -0.0286. The summed E-state index contributed by atoms with van der Waals surface area (Å²) in [5, 5.41) is 7.46. The number of likely N-dealkylation sites (tertiary alicyclic amines) is 2. The molecule has 1 spiro atoms. The van der Waals surface area contributed by atoms with Gasteiger partial charge in [-0.15, -0.1) is 0 Å². The van der Waals surface area contributed by atoms with Gasteiger partial charge in [0.25, 0.3) is 5.91 Å². The average molecular weight is 448 g/mol. The molecule has 3 heterocycles. The summed E-state index contributed by atoms with van der Waals surface area (Å²) in [4.78, 5) is 21.8. The van der Waals surface area contributed by atoms with Crippen molar-refractivity contribution in [1.82, 2.24) is 25.0 Å². The van der Waals surface area contributed by atoms with E-state index in [1.807, 2.05) is 42.2 Å². The van der Waals surface area contributed by atoms with Crippen molar-refractivity contribution in [2.75, 3.05) is 39.9 Å². The number of nitrogens with zero attached hydrogens (tertiary/aromatic N) is 4. The van der Waals surface area contributed by atoms with Gasteiger partial charge in [0.1, 0.15) is 17.3 Å². The van der Waals surface area contributed by atoms with Crippen LogP contribution in [0.2, 0.25) is 0 Å². The number of aromatic amines is 1. The smallest absolute Gasteiger partial charge is 0.260 e. The number of rotatable bonds is 7. The number of ether oxygens (including phenoxy) is 2. The van der Waals surface area contributed by atoms with E-state index in [1.54, 1.807) is 7.11 Å². The Balaban J connectivity index is 1.23. The molecule has 1 aromatic heterocycles. The van der Waals surface area contributed by atoms with Crippen LogP contribution in [-0.4, -0.2) is 70.8 Å². The van der Waals surface area contributed by atoms with Crippen LogP contribution in [0.5, 0.6) is 11.5 Å². The first-order chi connectivity index (χ1) is 16.0. The Morgan fingerprint density at radius 3 is 2.48 bits per heavy atom. The summed E-state index contributed by atoms with van der Waals surface area (Å²) in [5.41, 5.74) is 1.26. The summed E-state index contributed by atoms with van der Waals surface area (Å²) in [6, 6.07) is 17.8. The van der Waals surface area contributed by atoms with Crippen molar-refractivity contribution in [3.63, 3.8) is 0 Å². The minimum absolute atomic E-state index is 0.00266. The van der Waals surface area contributed by atoms with E-state index in [1.165, 1.54) is 5.56 Å². The second-order valence-corrected chi connectivity index (χ2v) is 9.06. The maximum atomic E-state index is 12.8. The predicted octanol–water partition coefficient (Wildman–Crippen LogP) is 2.63. The Kier molecular flexibility index (Phi) is 5.76. The van der Waals surface area contributed by atoms with Crippen molar-refractivity contribution in [3.05, 3.63) is 71.8 Å². The normalized spacial score (nSPS) is 19.5. The van der Waals surface area contributed by atoms with E-state index in [9.17, 15) is 4.79 Å². The second kappa shape index (κ2) is 8.86. The first-order valence-electron chi connectivity index (χ1n) is 11.2. The fourth-order valence-electron chi connectivity index (χ4n) is 5.02. The predicted molar refractivity (Wildman–Crippen MR) is 123 cm³/mol. The van der Waals surface area contributed by atoms with Crippen LogP contribution in [0.25, 0.3) is 0 Å². The maximum Gasteiger partial charge on any atom is 0.260 e. The van der Waals surface area contributed by atoms with Gasteiger partial charge < -0.3 is 14.4 Å². The molecule has 1 N–H and O–H groups in total. The first kappa shape index (κ1) is 21.5. The molecule has 2 saturated heterocycles. The number of benzene rings is 2. The third-order valence-electron chi connectivity index (χ3n) is 6.68. The molecule has 8 heteroatoms. The lowest BCUT2D eigenvalue weighted by molar-refractivity contribution is -0.145.